The van der Waals surface area contributed by atoms with Crippen molar-refractivity contribution >= 4 is 52.5 Å². The van der Waals surface area contributed by atoms with Crippen LogP contribution in [0.1, 0.15) is 19.4 Å². The van der Waals surface area contributed by atoms with Gasteiger partial charge in [-0.3, -0.25) is 10.3 Å². The van der Waals surface area contributed by atoms with Crippen molar-refractivity contribution in [3.8, 4) is 0 Å². The van der Waals surface area contributed by atoms with Crippen molar-refractivity contribution in [3.63, 3.8) is 0 Å². The first kappa shape index (κ1) is 23.3. The van der Waals surface area contributed by atoms with Crippen molar-refractivity contribution in [2.75, 3.05) is 5.32 Å². The molecule has 10 heteroatoms. The summed E-state index contributed by atoms with van der Waals surface area (Å²) in [5.41, 5.74) is -1.54. The van der Waals surface area contributed by atoms with E-state index in [0.717, 1.165) is 12.2 Å². The summed E-state index contributed by atoms with van der Waals surface area (Å²) >= 11 is 12.4. The van der Waals surface area contributed by atoms with Crippen LogP contribution in [0.15, 0.2) is 53.5 Å². The van der Waals surface area contributed by atoms with Gasteiger partial charge in [0.25, 0.3) is 0 Å². The van der Waals surface area contributed by atoms with E-state index >= 15 is 0 Å². The molecule has 2 aromatic carbocycles. The van der Waals surface area contributed by atoms with Crippen LogP contribution in [0.25, 0.3) is 5.57 Å². The third kappa shape index (κ3) is 4.46. The van der Waals surface area contributed by atoms with Crippen molar-refractivity contribution in [3.05, 3.63) is 74.7 Å². The summed E-state index contributed by atoms with van der Waals surface area (Å²) in [6.07, 6.45) is 0.900. The minimum absolute atomic E-state index is 0.0472. The van der Waals surface area contributed by atoms with Crippen molar-refractivity contribution < 1.29 is 29.3 Å². The molecule has 0 saturated carbocycles. The lowest BCUT2D eigenvalue weighted by atomic mass is 9.82. The van der Waals surface area contributed by atoms with Crippen LogP contribution in [-0.4, -0.2) is 34.3 Å². The molecular weight excluding hydrogens is 459 g/mol. The predicted molar refractivity (Wildman–Crippen MR) is 118 cm³/mol. The zero-order valence-electron chi connectivity index (χ0n) is 16.9. The number of amides is 1. The number of nitrogens with one attached hydrogen (secondary N) is 1. The van der Waals surface area contributed by atoms with Crippen LogP contribution in [0.4, 0.5) is 10.5 Å². The number of rotatable bonds is 6. The van der Waals surface area contributed by atoms with Crippen LogP contribution in [0.5, 0.6) is 0 Å². The fourth-order valence-corrected chi connectivity index (χ4v) is 3.97. The maximum Gasteiger partial charge on any atom is 0.411 e. The first-order valence-electron chi connectivity index (χ1n) is 9.37. The Balaban J connectivity index is 2.26. The SMILES string of the molecule is CC(C)OC(=O)Nc1cccc(C2(C(=O)O)N=c3cc(Cl)cc(Cl)c3=C2/C=C\C(=O)O)c1. The molecule has 0 bridgehead atoms. The van der Waals surface area contributed by atoms with E-state index < -0.39 is 23.6 Å². The van der Waals surface area contributed by atoms with E-state index in [1.807, 2.05) is 0 Å². The quantitative estimate of drug-likeness (QED) is 0.548. The molecule has 1 heterocycles. The Kier molecular flexibility index (Phi) is 6.57. The van der Waals surface area contributed by atoms with E-state index in [0.29, 0.717) is 0 Å². The maximum atomic E-state index is 12.6. The van der Waals surface area contributed by atoms with E-state index in [2.05, 4.69) is 10.3 Å². The van der Waals surface area contributed by atoms with Gasteiger partial charge in [-0.15, -0.1) is 0 Å². The fourth-order valence-electron chi connectivity index (χ4n) is 3.39. The highest BCUT2D eigenvalue weighted by atomic mass is 35.5. The van der Waals surface area contributed by atoms with Gasteiger partial charge in [0.05, 0.1) is 16.5 Å². The van der Waals surface area contributed by atoms with E-state index in [-0.39, 0.29) is 43.5 Å². The molecule has 1 atom stereocenters. The molecule has 1 amide bonds. The second kappa shape index (κ2) is 9.02. The molecule has 2 aromatic rings. The highest BCUT2D eigenvalue weighted by Gasteiger charge is 2.46. The molecule has 0 aromatic heterocycles. The molecule has 8 nitrogen and oxygen atoms in total. The van der Waals surface area contributed by atoms with E-state index in [4.69, 9.17) is 33.0 Å². The maximum absolute atomic E-state index is 12.6. The van der Waals surface area contributed by atoms with Gasteiger partial charge < -0.3 is 14.9 Å². The topological polar surface area (TPSA) is 125 Å². The zero-order chi connectivity index (χ0) is 23.6. The average molecular weight is 477 g/mol. The molecule has 1 aliphatic heterocycles. The minimum atomic E-state index is -2.03. The molecule has 0 aliphatic carbocycles. The van der Waals surface area contributed by atoms with Gasteiger partial charge in [0.1, 0.15) is 0 Å². The number of hydrogen-bond acceptors (Lipinski definition) is 5. The van der Waals surface area contributed by atoms with Crippen LogP contribution >= 0.6 is 23.2 Å². The highest BCUT2D eigenvalue weighted by molar-refractivity contribution is 6.34. The van der Waals surface area contributed by atoms with Crippen LogP contribution in [0.2, 0.25) is 10.0 Å². The van der Waals surface area contributed by atoms with Crippen LogP contribution in [0.3, 0.4) is 0 Å². The summed E-state index contributed by atoms with van der Waals surface area (Å²) in [5.74, 6) is -2.64. The fraction of sp³-hybridized carbons (Fsp3) is 0.182. The Morgan fingerprint density at radius 2 is 1.88 bits per heavy atom. The summed E-state index contributed by atoms with van der Waals surface area (Å²) in [4.78, 5) is 40.2. The van der Waals surface area contributed by atoms with Crippen molar-refractivity contribution in [2.45, 2.75) is 25.5 Å². The Hall–Kier alpha value is -3.36. The number of carbonyl (C=O) groups is 3. The van der Waals surface area contributed by atoms with Gasteiger partial charge in [-0.25, -0.2) is 14.4 Å². The van der Waals surface area contributed by atoms with Crippen LogP contribution < -0.4 is 15.9 Å². The Morgan fingerprint density at radius 3 is 2.50 bits per heavy atom. The average Bonchev–Trinajstić information content (AvgIpc) is 3.01. The normalized spacial score (nSPS) is 17.2. The predicted octanol–water partition coefficient (Wildman–Crippen LogP) is 3.36. The molecule has 166 valence electrons. The van der Waals surface area contributed by atoms with Gasteiger partial charge in [-0.2, -0.15) is 0 Å². The first-order chi connectivity index (χ1) is 15.0. The van der Waals surface area contributed by atoms with Crippen LogP contribution in [-0.2, 0) is 19.9 Å². The largest absolute Gasteiger partial charge is 0.479 e. The molecule has 1 unspecified atom stereocenters. The Morgan fingerprint density at radius 1 is 1.16 bits per heavy atom. The van der Waals surface area contributed by atoms with E-state index in [1.54, 1.807) is 19.9 Å². The van der Waals surface area contributed by atoms with Gasteiger partial charge in [-0.1, -0.05) is 35.3 Å². The van der Waals surface area contributed by atoms with Crippen molar-refractivity contribution in [1.29, 1.82) is 0 Å². The Labute approximate surface area is 192 Å². The molecule has 1 aliphatic rings. The number of hydrogen-bond donors (Lipinski definition) is 3. The lowest BCUT2D eigenvalue weighted by Crippen LogP contribution is -2.35. The smallest absolute Gasteiger partial charge is 0.411 e. The van der Waals surface area contributed by atoms with Gasteiger partial charge >= 0.3 is 18.0 Å². The number of ether oxygens (including phenoxy) is 1. The number of fused-ring (bicyclic) bond motifs is 1. The highest BCUT2D eigenvalue weighted by Crippen LogP contribution is 2.38. The lowest BCUT2D eigenvalue weighted by molar-refractivity contribution is -0.141. The Bertz CT molecular complexity index is 1270. The standard InChI is InChI=1S/C22H18Cl2N2O6/c1-11(2)32-21(31)25-14-5-3-4-12(8-14)22(20(29)30)15(6-7-18(27)28)19-16(24)9-13(23)10-17(19)26-22/h3-11H,1-2H3,(H,25,31)(H,27,28)(H,29,30)/b7-6-. The molecular formula is C22H18Cl2N2O6. The second-order valence-corrected chi connectivity index (χ2v) is 8.00. The number of anilines is 1. The number of aliphatic carboxylic acids is 2. The van der Waals surface area contributed by atoms with E-state index in [1.165, 1.54) is 30.3 Å². The van der Waals surface area contributed by atoms with Gasteiger partial charge in [-0.05, 0) is 49.8 Å². The number of halogens is 2. The third-order valence-corrected chi connectivity index (χ3v) is 5.07. The number of carboxylic acid groups (broad SMARTS) is 2. The number of nitrogens with zero attached hydrogens (tertiary/aromatic N) is 1. The molecule has 0 radical (unpaired) electrons. The molecule has 0 spiro atoms. The minimum Gasteiger partial charge on any atom is -0.479 e. The molecule has 3 N–H and O–H groups in total. The molecule has 0 saturated heterocycles. The number of benzene rings is 2. The molecule has 0 fully saturated rings. The monoisotopic (exact) mass is 476 g/mol. The summed E-state index contributed by atoms with van der Waals surface area (Å²) in [7, 11) is 0. The summed E-state index contributed by atoms with van der Waals surface area (Å²) in [6, 6.07) is 8.89. The third-order valence-electron chi connectivity index (χ3n) is 4.55. The summed E-state index contributed by atoms with van der Waals surface area (Å²) < 4.78 is 5.05. The van der Waals surface area contributed by atoms with Gasteiger partial charge in [0, 0.05) is 27.6 Å². The first-order valence-corrected chi connectivity index (χ1v) is 10.1. The van der Waals surface area contributed by atoms with Crippen molar-refractivity contribution in [1.82, 2.24) is 0 Å². The van der Waals surface area contributed by atoms with Crippen LogP contribution in [0, 0.1) is 0 Å². The summed E-state index contributed by atoms with van der Waals surface area (Å²) in [6.45, 7) is 3.38. The van der Waals surface area contributed by atoms with Crippen molar-refractivity contribution in [2.24, 2.45) is 4.99 Å². The molecule has 32 heavy (non-hydrogen) atoms. The van der Waals surface area contributed by atoms with E-state index in [9.17, 15) is 19.5 Å². The summed E-state index contributed by atoms with van der Waals surface area (Å²) in [5, 5.41) is 22.8. The number of carbonyl (C=O) groups excluding carboxylic acids is 1. The second-order valence-electron chi connectivity index (χ2n) is 7.15. The molecule has 3 rings (SSSR count). The van der Waals surface area contributed by atoms with Gasteiger partial charge in [0.15, 0.2) is 0 Å². The zero-order valence-corrected chi connectivity index (χ0v) is 18.4. The van der Waals surface area contributed by atoms with Gasteiger partial charge in [0.2, 0.25) is 5.54 Å². The number of carboxylic acids is 2. The lowest BCUT2D eigenvalue weighted by Gasteiger charge is -2.25.